The number of carbonyl (C=O) groups is 2. The molecule has 2 rings (SSSR count). The van der Waals surface area contributed by atoms with Crippen molar-refractivity contribution in [3.63, 3.8) is 0 Å². The minimum Gasteiger partial charge on any atom is -0.444 e. The normalized spacial score (nSPS) is 17.5. The van der Waals surface area contributed by atoms with Crippen LogP contribution in [-0.2, 0) is 9.53 Å². The van der Waals surface area contributed by atoms with Crippen molar-refractivity contribution < 1.29 is 14.3 Å². The van der Waals surface area contributed by atoms with E-state index in [-0.39, 0.29) is 42.0 Å². The van der Waals surface area contributed by atoms with E-state index in [1.54, 1.807) is 4.90 Å². The van der Waals surface area contributed by atoms with Gasteiger partial charge in [0.05, 0.1) is 6.04 Å². The van der Waals surface area contributed by atoms with E-state index in [1.807, 2.05) is 27.7 Å². The molecule has 0 radical (unpaired) electrons. The van der Waals surface area contributed by atoms with Crippen LogP contribution in [0.5, 0.6) is 0 Å². The molecule has 2 aliphatic rings. The number of hydrogen-bond acceptors (Lipinski definition) is 4. The Bertz CT molecular complexity index is 526. The molecule has 3 N–H and O–H groups in total. The molecule has 8 nitrogen and oxygen atoms in total. The molecule has 2 fully saturated rings. The first-order valence-electron chi connectivity index (χ1n) is 9.59. The maximum absolute atomic E-state index is 11.9. The lowest BCUT2D eigenvalue weighted by Gasteiger charge is -2.40. The Hall–Kier alpha value is -1.26. The van der Waals surface area contributed by atoms with Crippen LogP contribution >= 0.6 is 24.0 Å². The van der Waals surface area contributed by atoms with Crippen LogP contribution in [0.25, 0.3) is 0 Å². The van der Waals surface area contributed by atoms with Crippen LogP contribution in [-0.4, -0.2) is 66.7 Å². The lowest BCUT2D eigenvalue weighted by atomic mass is 10.1. The minimum atomic E-state index is -0.474. The van der Waals surface area contributed by atoms with E-state index < -0.39 is 5.60 Å². The highest BCUT2D eigenvalue weighted by Crippen LogP contribution is 2.18. The van der Waals surface area contributed by atoms with Crippen LogP contribution in [0, 0.1) is 0 Å². The molecule has 0 aromatic carbocycles. The summed E-state index contributed by atoms with van der Waals surface area (Å²) in [5.74, 6) is 0.844. The Morgan fingerprint density at radius 2 is 1.81 bits per heavy atom. The van der Waals surface area contributed by atoms with Gasteiger partial charge in [0.1, 0.15) is 5.60 Å². The number of nitrogens with zero attached hydrogens (tertiary/aromatic N) is 2. The molecule has 2 amide bonds. The smallest absolute Gasteiger partial charge is 0.410 e. The minimum absolute atomic E-state index is 0. The van der Waals surface area contributed by atoms with E-state index in [4.69, 9.17) is 4.74 Å². The fourth-order valence-corrected chi connectivity index (χ4v) is 2.52. The highest BCUT2D eigenvalue weighted by atomic mass is 127. The summed E-state index contributed by atoms with van der Waals surface area (Å²) < 4.78 is 5.35. The molecule has 0 aromatic rings. The monoisotopic (exact) mass is 495 g/mol. The van der Waals surface area contributed by atoms with Crippen molar-refractivity contribution in [3.8, 4) is 0 Å². The molecule has 1 saturated carbocycles. The van der Waals surface area contributed by atoms with Crippen LogP contribution in [0.1, 0.15) is 53.4 Å². The molecule has 0 bridgehead atoms. The zero-order valence-electron chi connectivity index (χ0n) is 16.8. The van der Waals surface area contributed by atoms with E-state index in [0.29, 0.717) is 32.1 Å². The predicted molar refractivity (Wildman–Crippen MR) is 117 cm³/mol. The van der Waals surface area contributed by atoms with Gasteiger partial charge in [-0.2, -0.15) is 0 Å². The first kappa shape index (κ1) is 23.8. The fraction of sp³-hybridized carbons (Fsp3) is 0.833. The Labute approximate surface area is 179 Å². The second-order valence-electron chi connectivity index (χ2n) is 7.93. The van der Waals surface area contributed by atoms with Crippen molar-refractivity contribution in [1.82, 2.24) is 20.9 Å². The molecular weight excluding hydrogens is 461 g/mol. The highest BCUT2D eigenvalue weighted by molar-refractivity contribution is 14.0. The van der Waals surface area contributed by atoms with Crippen molar-refractivity contribution in [2.45, 2.75) is 71.1 Å². The molecule has 1 heterocycles. The second-order valence-corrected chi connectivity index (χ2v) is 7.93. The Morgan fingerprint density at radius 1 is 1.15 bits per heavy atom. The quantitative estimate of drug-likeness (QED) is 0.217. The third-order valence-electron chi connectivity index (χ3n) is 3.99. The van der Waals surface area contributed by atoms with Gasteiger partial charge in [0, 0.05) is 38.6 Å². The lowest BCUT2D eigenvalue weighted by Crippen LogP contribution is -2.63. The van der Waals surface area contributed by atoms with Gasteiger partial charge in [-0.1, -0.05) is 0 Å². The third-order valence-corrected chi connectivity index (χ3v) is 3.99. The molecule has 0 atom stereocenters. The summed E-state index contributed by atoms with van der Waals surface area (Å²) in [6, 6.07) is 0.579. The summed E-state index contributed by atoms with van der Waals surface area (Å²) in [6.45, 7) is 10.1. The standard InChI is InChI=1S/C18H33N5O3.HI/c1-5-19-16(20-10-6-7-15(24)21-13-8-9-13)22-14-11-23(12-14)17(25)26-18(2,3)4;/h13-14H,5-12H2,1-4H3,(H,21,24)(H2,19,20,22);1H. The number of amides is 2. The van der Waals surface area contributed by atoms with Gasteiger partial charge in [-0.15, -0.1) is 24.0 Å². The van der Waals surface area contributed by atoms with Crippen molar-refractivity contribution in [1.29, 1.82) is 0 Å². The van der Waals surface area contributed by atoms with Crippen LogP contribution in [0.4, 0.5) is 4.79 Å². The number of likely N-dealkylation sites (tertiary alicyclic amines) is 1. The molecule has 0 unspecified atom stereocenters. The highest BCUT2D eigenvalue weighted by Gasteiger charge is 2.34. The van der Waals surface area contributed by atoms with E-state index in [1.165, 1.54) is 0 Å². The summed E-state index contributed by atoms with van der Waals surface area (Å²) in [5, 5.41) is 9.50. The number of hydrogen-bond donors (Lipinski definition) is 3. The fourth-order valence-electron chi connectivity index (χ4n) is 2.52. The second kappa shape index (κ2) is 10.9. The van der Waals surface area contributed by atoms with Gasteiger partial charge in [0.25, 0.3) is 0 Å². The van der Waals surface area contributed by atoms with Crippen molar-refractivity contribution in [2.75, 3.05) is 26.2 Å². The first-order valence-corrected chi connectivity index (χ1v) is 9.59. The van der Waals surface area contributed by atoms with E-state index in [9.17, 15) is 9.59 Å². The van der Waals surface area contributed by atoms with Crippen LogP contribution in [0.2, 0.25) is 0 Å². The number of rotatable bonds is 7. The zero-order valence-corrected chi connectivity index (χ0v) is 19.2. The Balaban J connectivity index is 0.00000364. The van der Waals surface area contributed by atoms with Gasteiger partial charge in [-0.25, -0.2) is 4.79 Å². The van der Waals surface area contributed by atoms with E-state index in [0.717, 1.165) is 31.8 Å². The Morgan fingerprint density at radius 3 is 2.37 bits per heavy atom. The van der Waals surface area contributed by atoms with Gasteiger partial charge < -0.3 is 25.6 Å². The summed E-state index contributed by atoms with van der Waals surface area (Å²) in [6.07, 6.45) is 3.18. The maximum atomic E-state index is 11.9. The molecule has 1 aliphatic heterocycles. The van der Waals surface area contributed by atoms with Crippen molar-refractivity contribution in [3.05, 3.63) is 0 Å². The molecule has 1 aliphatic carbocycles. The van der Waals surface area contributed by atoms with Crippen LogP contribution in [0.15, 0.2) is 4.99 Å². The van der Waals surface area contributed by atoms with Gasteiger partial charge in [-0.05, 0) is 47.0 Å². The van der Waals surface area contributed by atoms with Gasteiger partial charge in [0.15, 0.2) is 5.96 Å². The SMILES string of the molecule is CCNC(=NCCCC(=O)NC1CC1)NC1CN(C(=O)OC(C)(C)C)C1.I. The average Bonchev–Trinajstić information content (AvgIpc) is 3.28. The maximum Gasteiger partial charge on any atom is 0.410 e. The largest absolute Gasteiger partial charge is 0.444 e. The topological polar surface area (TPSA) is 95.1 Å². The third kappa shape index (κ3) is 9.48. The summed E-state index contributed by atoms with van der Waals surface area (Å²) in [7, 11) is 0. The van der Waals surface area contributed by atoms with Gasteiger partial charge >= 0.3 is 6.09 Å². The van der Waals surface area contributed by atoms with Gasteiger partial charge in [-0.3, -0.25) is 9.79 Å². The van der Waals surface area contributed by atoms with Gasteiger partial charge in [0.2, 0.25) is 5.91 Å². The summed E-state index contributed by atoms with van der Waals surface area (Å²) in [5.41, 5.74) is -0.474. The molecule has 27 heavy (non-hydrogen) atoms. The molecule has 9 heteroatoms. The van der Waals surface area contributed by atoms with E-state index in [2.05, 4.69) is 20.9 Å². The van der Waals surface area contributed by atoms with Crippen molar-refractivity contribution in [2.24, 2.45) is 4.99 Å². The number of carbonyl (C=O) groups excluding carboxylic acids is 2. The number of ether oxygens (including phenoxy) is 1. The number of guanidine groups is 1. The summed E-state index contributed by atoms with van der Waals surface area (Å²) in [4.78, 5) is 29.8. The van der Waals surface area contributed by atoms with Crippen LogP contribution < -0.4 is 16.0 Å². The average molecular weight is 495 g/mol. The number of aliphatic imine (C=N–C) groups is 1. The zero-order chi connectivity index (χ0) is 19.2. The molecule has 1 saturated heterocycles. The van der Waals surface area contributed by atoms with E-state index >= 15 is 0 Å². The molecule has 0 spiro atoms. The van der Waals surface area contributed by atoms with Crippen LogP contribution in [0.3, 0.4) is 0 Å². The molecule has 156 valence electrons. The Kier molecular flexibility index (Phi) is 9.61. The number of halogens is 1. The lowest BCUT2D eigenvalue weighted by molar-refractivity contribution is -0.121. The summed E-state index contributed by atoms with van der Waals surface area (Å²) >= 11 is 0. The molecular formula is C18H34IN5O3. The first-order chi connectivity index (χ1) is 12.3. The predicted octanol–water partition coefficient (Wildman–Crippen LogP) is 1.84. The number of nitrogens with one attached hydrogen (secondary N) is 3. The van der Waals surface area contributed by atoms with Crippen molar-refractivity contribution >= 4 is 41.9 Å². The molecule has 0 aromatic heterocycles.